The Morgan fingerprint density at radius 2 is 1.95 bits per heavy atom. The quantitative estimate of drug-likeness (QED) is 0.857. The molecular weight excluding hydrogens is 250 g/mol. The van der Waals surface area contributed by atoms with Gasteiger partial charge in [0.2, 0.25) is 0 Å². The minimum absolute atomic E-state index is 0.207. The van der Waals surface area contributed by atoms with Gasteiger partial charge in [0.25, 0.3) is 0 Å². The van der Waals surface area contributed by atoms with Gasteiger partial charge in [0.15, 0.2) is 0 Å². The molecule has 3 nitrogen and oxygen atoms in total. The summed E-state index contributed by atoms with van der Waals surface area (Å²) in [6, 6.07) is 9.85. The van der Waals surface area contributed by atoms with Crippen molar-refractivity contribution in [3.05, 3.63) is 35.9 Å². The number of hydrogen-bond acceptors (Lipinski definition) is 3. The van der Waals surface area contributed by atoms with Crippen molar-refractivity contribution in [2.24, 2.45) is 11.8 Å². The summed E-state index contributed by atoms with van der Waals surface area (Å²) in [5.41, 5.74) is 0.977. The molecule has 1 saturated carbocycles. The monoisotopic (exact) mass is 275 g/mol. The fourth-order valence-electron chi connectivity index (χ4n) is 3.09. The molecule has 3 heteroatoms. The Morgan fingerprint density at radius 3 is 2.60 bits per heavy atom. The number of carbonyl (C=O) groups excluding carboxylic acids is 1. The maximum absolute atomic E-state index is 12.1. The van der Waals surface area contributed by atoms with Crippen LogP contribution in [0, 0.1) is 11.8 Å². The molecule has 1 aliphatic carbocycles. The van der Waals surface area contributed by atoms with E-state index in [4.69, 9.17) is 4.74 Å². The van der Waals surface area contributed by atoms with E-state index in [0.717, 1.165) is 12.0 Å². The highest BCUT2D eigenvalue weighted by molar-refractivity contribution is 5.77. The Morgan fingerprint density at radius 1 is 1.25 bits per heavy atom. The van der Waals surface area contributed by atoms with E-state index in [1.165, 1.54) is 20.0 Å². The van der Waals surface area contributed by atoms with Crippen LogP contribution in [-0.4, -0.2) is 19.1 Å². The molecule has 4 unspecified atom stereocenters. The Kier molecular flexibility index (Phi) is 5.18. The third-order valence-corrected chi connectivity index (χ3v) is 4.66. The van der Waals surface area contributed by atoms with Crippen LogP contribution in [0.2, 0.25) is 0 Å². The first kappa shape index (κ1) is 15.0. The van der Waals surface area contributed by atoms with Crippen LogP contribution >= 0.6 is 0 Å². The van der Waals surface area contributed by atoms with Gasteiger partial charge < -0.3 is 4.74 Å². The SMILES string of the molecule is COC(=O)C(NC1CCCC(C)C1C)c1ccccc1. The molecule has 0 radical (unpaired) electrons. The Hall–Kier alpha value is -1.35. The van der Waals surface area contributed by atoms with E-state index in [9.17, 15) is 4.79 Å². The zero-order chi connectivity index (χ0) is 14.5. The van der Waals surface area contributed by atoms with Gasteiger partial charge in [-0.05, 0) is 23.8 Å². The van der Waals surface area contributed by atoms with Crippen LogP contribution in [0.1, 0.15) is 44.7 Å². The van der Waals surface area contributed by atoms with Crippen LogP contribution in [0.15, 0.2) is 30.3 Å². The molecule has 0 amide bonds. The van der Waals surface area contributed by atoms with Gasteiger partial charge in [0.1, 0.15) is 6.04 Å². The van der Waals surface area contributed by atoms with Crippen molar-refractivity contribution in [3.8, 4) is 0 Å². The molecule has 110 valence electrons. The van der Waals surface area contributed by atoms with Gasteiger partial charge in [-0.15, -0.1) is 0 Å². The lowest BCUT2D eigenvalue weighted by Crippen LogP contribution is -2.44. The summed E-state index contributed by atoms with van der Waals surface area (Å²) in [5, 5.41) is 3.53. The molecule has 2 rings (SSSR count). The van der Waals surface area contributed by atoms with Crippen molar-refractivity contribution in [1.29, 1.82) is 0 Å². The fourth-order valence-corrected chi connectivity index (χ4v) is 3.09. The Labute approximate surface area is 121 Å². The maximum atomic E-state index is 12.1. The predicted octanol–water partition coefficient (Wildman–Crippen LogP) is 3.32. The summed E-state index contributed by atoms with van der Waals surface area (Å²) in [6.07, 6.45) is 3.64. The first-order chi connectivity index (χ1) is 9.63. The number of rotatable bonds is 4. The second kappa shape index (κ2) is 6.89. The topological polar surface area (TPSA) is 38.3 Å². The third kappa shape index (κ3) is 3.40. The average molecular weight is 275 g/mol. The minimum Gasteiger partial charge on any atom is -0.468 e. The highest BCUT2D eigenvalue weighted by Crippen LogP contribution is 2.31. The van der Waals surface area contributed by atoms with Crippen molar-refractivity contribution >= 4 is 5.97 Å². The molecule has 0 bridgehead atoms. The molecule has 1 fully saturated rings. The highest BCUT2D eigenvalue weighted by Gasteiger charge is 2.31. The van der Waals surface area contributed by atoms with Gasteiger partial charge >= 0.3 is 5.97 Å². The van der Waals surface area contributed by atoms with Crippen LogP contribution in [0.5, 0.6) is 0 Å². The molecule has 20 heavy (non-hydrogen) atoms. The average Bonchev–Trinajstić information content (AvgIpc) is 2.49. The van der Waals surface area contributed by atoms with Crippen molar-refractivity contribution < 1.29 is 9.53 Å². The molecule has 1 aliphatic rings. The summed E-state index contributed by atoms with van der Waals surface area (Å²) >= 11 is 0. The molecule has 0 saturated heterocycles. The van der Waals surface area contributed by atoms with E-state index in [1.807, 2.05) is 30.3 Å². The normalized spacial score (nSPS) is 27.9. The highest BCUT2D eigenvalue weighted by atomic mass is 16.5. The minimum atomic E-state index is -0.362. The largest absolute Gasteiger partial charge is 0.468 e. The zero-order valence-electron chi connectivity index (χ0n) is 12.6. The molecule has 0 aliphatic heterocycles. The number of esters is 1. The molecule has 1 aromatic carbocycles. The van der Waals surface area contributed by atoms with Crippen molar-refractivity contribution in [2.75, 3.05) is 7.11 Å². The lowest BCUT2D eigenvalue weighted by molar-refractivity contribution is -0.143. The van der Waals surface area contributed by atoms with Crippen molar-refractivity contribution in [2.45, 2.75) is 45.2 Å². The lowest BCUT2D eigenvalue weighted by Gasteiger charge is -2.36. The first-order valence-electron chi connectivity index (χ1n) is 7.52. The first-order valence-corrected chi connectivity index (χ1v) is 7.52. The van der Waals surface area contributed by atoms with Crippen LogP contribution in [0.25, 0.3) is 0 Å². The number of ether oxygens (including phenoxy) is 1. The molecule has 1 aromatic rings. The van der Waals surface area contributed by atoms with Gasteiger partial charge in [0, 0.05) is 6.04 Å². The Bertz CT molecular complexity index is 432. The number of carbonyl (C=O) groups is 1. The van der Waals surface area contributed by atoms with Crippen LogP contribution in [0.4, 0.5) is 0 Å². The van der Waals surface area contributed by atoms with Crippen molar-refractivity contribution in [3.63, 3.8) is 0 Å². The van der Waals surface area contributed by atoms with Crippen molar-refractivity contribution in [1.82, 2.24) is 5.32 Å². The molecular formula is C17H25NO2. The summed E-state index contributed by atoms with van der Waals surface area (Å²) in [7, 11) is 1.45. The third-order valence-electron chi connectivity index (χ3n) is 4.66. The summed E-state index contributed by atoms with van der Waals surface area (Å²) in [5.74, 6) is 1.08. The fraction of sp³-hybridized carbons (Fsp3) is 0.588. The summed E-state index contributed by atoms with van der Waals surface area (Å²) in [6.45, 7) is 4.58. The van der Waals surface area contributed by atoms with Crippen LogP contribution < -0.4 is 5.32 Å². The predicted molar refractivity (Wildman–Crippen MR) is 80.3 cm³/mol. The van der Waals surface area contributed by atoms with E-state index in [0.29, 0.717) is 17.9 Å². The van der Waals surface area contributed by atoms with Crippen LogP contribution in [-0.2, 0) is 9.53 Å². The number of methoxy groups -OCH3 is 1. The van der Waals surface area contributed by atoms with Gasteiger partial charge in [0.05, 0.1) is 7.11 Å². The van der Waals surface area contributed by atoms with E-state index in [1.54, 1.807) is 0 Å². The lowest BCUT2D eigenvalue weighted by atomic mass is 9.77. The van der Waals surface area contributed by atoms with Gasteiger partial charge in [-0.2, -0.15) is 0 Å². The molecule has 0 heterocycles. The van der Waals surface area contributed by atoms with Gasteiger partial charge in [-0.25, -0.2) is 4.79 Å². The maximum Gasteiger partial charge on any atom is 0.327 e. The molecule has 0 spiro atoms. The molecule has 4 atom stereocenters. The number of benzene rings is 1. The van der Waals surface area contributed by atoms with E-state index in [-0.39, 0.29) is 12.0 Å². The van der Waals surface area contributed by atoms with E-state index >= 15 is 0 Å². The van der Waals surface area contributed by atoms with Gasteiger partial charge in [-0.3, -0.25) is 5.32 Å². The molecule has 1 N–H and O–H groups in total. The zero-order valence-corrected chi connectivity index (χ0v) is 12.6. The molecule has 0 aromatic heterocycles. The Balaban J connectivity index is 2.14. The van der Waals surface area contributed by atoms with E-state index in [2.05, 4.69) is 19.2 Å². The number of hydrogen-bond donors (Lipinski definition) is 1. The second-order valence-corrected chi connectivity index (χ2v) is 5.91. The van der Waals surface area contributed by atoms with Gasteiger partial charge in [-0.1, -0.05) is 57.0 Å². The number of nitrogens with one attached hydrogen (secondary N) is 1. The summed E-state index contributed by atoms with van der Waals surface area (Å²) in [4.78, 5) is 12.1. The van der Waals surface area contributed by atoms with E-state index < -0.39 is 0 Å². The second-order valence-electron chi connectivity index (χ2n) is 5.91. The smallest absolute Gasteiger partial charge is 0.327 e. The van der Waals surface area contributed by atoms with Crippen LogP contribution in [0.3, 0.4) is 0 Å². The standard InChI is InChI=1S/C17H25NO2/c1-12-8-7-11-15(13(12)2)18-16(17(19)20-3)14-9-5-4-6-10-14/h4-6,9-10,12-13,15-16,18H,7-8,11H2,1-3H3. The summed E-state index contributed by atoms with van der Waals surface area (Å²) < 4.78 is 4.97.